The molecule has 0 aliphatic heterocycles. The van der Waals surface area contributed by atoms with Crippen LogP contribution < -0.4 is 10.6 Å². The quantitative estimate of drug-likeness (QED) is 0.617. The molecule has 0 bridgehead atoms. The Hall–Kier alpha value is -2.63. The zero-order valence-corrected chi connectivity index (χ0v) is 15.4. The van der Waals surface area contributed by atoms with E-state index in [-0.39, 0.29) is 0 Å². The minimum absolute atomic E-state index is 0.323. The highest BCUT2D eigenvalue weighted by atomic mass is 31.1. The van der Waals surface area contributed by atoms with Gasteiger partial charge in [0.2, 0.25) is 0 Å². The van der Waals surface area contributed by atoms with Crippen molar-refractivity contribution in [2.75, 3.05) is 0 Å². The molecule has 0 fully saturated rings. The van der Waals surface area contributed by atoms with Gasteiger partial charge in [0.15, 0.2) is 0 Å². The lowest BCUT2D eigenvalue weighted by Crippen LogP contribution is -2.13. The topological polar surface area (TPSA) is 20.2 Å². The van der Waals surface area contributed by atoms with Crippen LogP contribution in [0.2, 0.25) is 0 Å². The van der Waals surface area contributed by atoms with Crippen molar-refractivity contribution >= 4 is 18.5 Å². The minimum atomic E-state index is -0.550. The van der Waals surface area contributed by atoms with E-state index in [4.69, 9.17) is 0 Å². The van der Waals surface area contributed by atoms with Gasteiger partial charge in [0.25, 0.3) is 0 Å². The molecular weight excluding hydrogens is 335 g/mol. The Morgan fingerprint density at radius 3 is 1.88 bits per heavy atom. The van der Waals surface area contributed by atoms with Crippen molar-refractivity contribution < 1.29 is 5.11 Å². The SMILES string of the molecule is Oc1ccc(CC2=C(P(c3ccccc3)c3ccccc3)C=CC2)cc1. The second kappa shape index (κ2) is 7.72. The van der Waals surface area contributed by atoms with Crippen LogP contribution in [-0.4, -0.2) is 5.11 Å². The lowest BCUT2D eigenvalue weighted by atomic mass is 10.0. The molecule has 0 amide bonds. The van der Waals surface area contributed by atoms with Crippen molar-refractivity contribution in [1.82, 2.24) is 0 Å². The molecule has 3 aromatic carbocycles. The average molecular weight is 356 g/mol. The lowest BCUT2D eigenvalue weighted by molar-refractivity contribution is 0.475. The molecule has 0 spiro atoms. The molecule has 1 nitrogen and oxygen atoms in total. The zero-order chi connectivity index (χ0) is 17.8. The summed E-state index contributed by atoms with van der Waals surface area (Å²) in [6.45, 7) is 0. The van der Waals surface area contributed by atoms with Crippen LogP contribution >= 0.6 is 7.92 Å². The highest BCUT2D eigenvalue weighted by molar-refractivity contribution is 7.77. The van der Waals surface area contributed by atoms with E-state index in [1.165, 1.54) is 27.1 Å². The van der Waals surface area contributed by atoms with Gasteiger partial charge < -0.3 is 5.11 Å². The van der Waals surface area contributed by atoms with E-state index in [0.717, 1.165) is 12.8 Å². The van der Waals surface area contributed by atoms with Crippen molar-refractivity contribution in [2.24, 2.45) is 0 Å². The molecule has 0 atom stereocenters. The van der Waals surface area contributed by atoms with Crippen molar-refractivity contribution in [3.05, 3.63) is 114 Å². The van der Waals surface area contributed by atoms with Crippen LogP contribution in [0.15, 0.2) is 108 Å². The summed E-state index contributed by atoms with van der Waals surface area (Å²) in [4.78, 5) is 0. The summed E-state index contributed by atoms with van der Waals surface area (Å²) in [5, 5.41) is 13.8. The molecule has 0 aromatic heterocycles. The molecule has 0 radical (unpaired) electrons. The van der Waals surface area contributed by atoms with Gasteiger partial charge >= 0.3 is 0 Å². The summed E-state index contributed by atoms with van der Waals surface area (Å²) >= 11 is 0. The van der Waals surface area contributed by atoms with Gasteiger partial charge in [-0.2, -0.15) is 0 Å². The number of benzene rings is 3. The fraction of sp³-hybridized carbons (Fsp3) is 0.0833. The maximum atomic E-state index is 9.53. The molecule has 1 aliphatic carbocycles. The van der Waals surface area contributed by atoms with E-state index in [1.807, 2.05) is 12.1 Å². The molecule has 0 saturated carbocycles. The van der Waals surface area contributed by atoms with E-state index in [9.17, 15) is 5.11 Å². The summed E-state index contributed by atoms with van der Waals surface area (Å²) in [6.07, 6.45) is 6.55. The summed E-state index contributed by atoms with van der Waals surface area (Å²) in [5.74, 6) is 0.323. The maximum absolute atomic E-state index is 9.53. The molecule has 0 unspecified atom stereocenters. The zero-order valence-electron chi connectivity index (χ0n) is 14.5. The number of phenolic OH excluding ortho intramolecular Hbond substituents is 1. The highest BCUT2D eigenvalue weighted by Crippen LogP contribution is 2.48. The van der Waals surface area contributed by atoms with Gasteiger partial charge in [0.05, 0.1) is 0 Å². The van der Waals surface area contributed by atoms with Gasteiger partial charge in [0.1, 0.15) is 5.75 Å². The molecule has 26 heavy (non-hydrogen) atoms. The monoisotopic (exact) mass is 356 g/mol. The second-order valence-corrected chi connectivity index (χ2v) is 8.63. The predicted molar refractivity (Wildman–Crippen MR) is 112 cm³/mol. The Kier molecular flexibility index (Phi) is 5.00. The van der Waals surface area contributed by atoms with Crippen molar-refractivity contribution in [2.45, 2.75) is 12.8 Å². The van der Waals surface area contributed by atoms with Gasteiger partial charge in [0, 0.05) is 0 Å². The number of phenols is 1. The molecular formula is C24H21OP. The number of hydrogen-bond donors (Lipinski definition) is 1. The van der Waals surface area contributed by atoms with Crippen molar-refractivity contribution in [1.29, 1.82) is 0 Å². The van der Waals surface area contributed by atoms with Gasteiger partial charge in [-0.3, -0.25) is 0 Å². The molecule has 1 N–H and O–H groups in total. The Morgan fingerprint density at radius 2 is 1.31 bits per heavy atom. The van der Waals surface area contributed by atoms with E-state index >= 15 is 0 Å². The summed E-state index contributed by atoms with van der Waals surface area (Å²) < 4.78 is 0. The first kappa shape index (κ1) is 16.8. The van der Waals surface area contributed by atoms with Gasteiger partial charge in [-0.15, -0.1) is 0 Å². The van der Waals surface area contributed by atoms with Crippen LogP contribution in [0, 0.1) is 0 Å². The van der Waals surface area contributed by atoms with E-state index in [1.54, 1.807) is 12.1 Å². The fourth-order valence-corrected chi connectivity index (χ4v) is 5.91. The van der Waals surface area contributed by atoms with Crippen molar-refractivity contribution in [3.8, 4) is 5.75 Å². The molecule has 2 heteroatoms. The molecule has 3 aromatic rings. The van der Waals surface area contributed by atoms with Crippen LogP contribution in [0.5, 0.6) is 5.75 Å². The normalized spacial score (nSPS) is 13.6. The van der Waals surface area contributed by atoms with Gasteiger partial charge in [-0.1, -0.05) is 90.5 Å². The largest absolute Gasteiger partial charge is 0.508 e. The molecule has 128 valence electrons. The first-order valence-corrected chi connectivity index (χ1v) is 10.2. The van der Waals surface area contributed by atoms with Crippen molar-refractivity contribution in [3.63, 3.8) is 0 Å². The number of hydrogen-bond acceptors (Lipinski definition) is 1. The third-order valence-electron chi connectivity index (χ3n) is 4.63. The first-order valence-electron chi connectivity index (χ1n) is 8.88. The van der Waals surface area contributed by atoms with E-state index in [0.29, 0.717) is 5.75 Å². The highest BCUT2D eigenvalue weighted by Gasteiger charge is 2.22. The molecule has 0 heterocycles. The van der Waals surface area contributed by atoms with Gasteiger partial charge in [-0.05, 0) is 54.4 Å². The van der Waals surface area contributed by atoms with Crippen LogP contribution in [0.4, 0.5) is 0 Å². The Bertz CT molecular complexity index is 885. The lowest BCUT2D eigenvalue weighted by Gasteiger charge is -2.21. The Balaban J connectivity index is 1.76. The number of rotatable bonds is 5. The predicted octanol–water partition coefficient (Wildman–Crippen LogP) is 5.28. The van der Waals surface area contributed by atoms with Crippen LogP contribution in [-0.2, 0) is 6.42 Å². The van der Waals surface area contributed by atoms with Gasteiger partial charge in [-0.25, -0.2) is 0 Å². The molecule has 0 saturated heterocycles. The fourth-order valence-electron chi connectivity index (χ4n) is 3.37. The third-order valence-corrected chi connectivity index (χ3v) is 7.20. The Morgan fingerprint density at radius 1 is 0.731 bits per heavy atom. The Labute approximate surface area is 156 Å². The third kappa shape index (κ3) is 3.64. The molecule has 1 aliphatic rings. The first-order chi connectivity index (χ1) is 12.8. The standard InChI is InChI=1S/C24H21OP/c25-21-16-14-19(15-17-21)18-20-8-7-13-24(20)26(22-9-3-1-4-10-22)23-11-5-2-6-12-23/h1-7,9-17,25H,8,18H2. The number of aromatic hydroxyl groups is 1. The minimum Gasteiger partial charge on any atom is -0.508 e. The smallest absolute Gasteiger partial charge is 0.115 e. The average Bonchev–Trinajstić information content (AvgIpc) is 3.13. The van der Waals surface area contributed by atoms with Crippen LogP contribution in [0.3, 0.4) is 0 Å². The van der Waals surface area contributed by atoms with E-state index < -0.39 is 7.92 Å². The maximum Gasteiger partial charge on any atom is 0.115 e. The summed E-state index contributed by atoms with van der Waals surface area (Å²) in [6, 6.07) is 29.3. The summed E-state index contributed by atoms with van der Waals surface area (Å²) in [7, 11) is -0.550. The van der Waals surface area contributed by atoms with Crippen LogP contribution in [0.25, 0.3) is 0 Å². The summed E-state index contributed by atoms with van der Waals surface area (Å²) in [5.41, 5.74) is 2.73. The number of allylic oxidation sites excluding steroid dienone is 4. The van der Waals surface area contributed by atoms with E-state index in [2.05, 4.69) is 72.8 Å². The second-order valence-electron chi connectivity index (χ2n) is 6.45. The molecule has 4 rings (SSSR count). The van der Waals surface area contributed by atoms with Crippen LogP contribution in [0.1, 0.15) is 12.0 Å².